The average Bonchev–Trinajstić information content (AvgIpc) is 3.18. The Hall–Kier alpha value is -3.80. The molecule has 2 aromatic rings. The van der Waals surface area contributed by atoms with Crippen LogP contribution in [0.1, 0.15) is 19.4 Å². The standard InChI is InChI=1S/C23H21ClF3N3O6/c1-4-35-19(31)22(2)13-29(28-18(22)14-5-7-15(24)8-6-14)20(32)30(21(33)34-3)16-9-11-17(12-10-16)36-23(25,26)27/h5-12H,4,13H2,1-3H3. The minimum absolute atomic E-state index is 0.0803. The smallest absolute Gasteiger partial charge is 0.465 e. The van der Waals surface area contributed by atoms with E-state index in [9.17, 15) is 27.6 Å². The summed E-state index contributed by atoms with van der Waals surface area (Å²) in [7, 11) is 1.03. The van der Waals surface area contributed by atoms with Gasteiger partial charge in [0.1, 0.15) is 11.2 Å². The zero-order chi connectivity index (χ0) is 26.7. The lowest BCUT2D eigenvalue weighted by atomic mass is 9.82. The van der Waals surface area contributed by atoms with Gasteiger partial charge in [-0.3, -0.25) is 4.79 Å². The van der Waals surface area contributed by atoms with Crippen molar-refractivity contribution in [3.63, 3.8) is 0 Å². The van der Waals surface area contributed by atoms with Crippen LogP contribution in [0.3, 0.4) is 0 Å². The van der Waals surface area contributed by atoms with Crippen molar-refractivity contribution >= 4 is 41.1 Å². The Kier molecular flexibility index (Phi) is 7.77. The molecule has 1 aliphatic heterocycles. The number of nitrogens with zero attached hydrogens (tertiary/aromatic N) is 3. The third kappa shape index (κ3) is 5.70. The summed E-state index contributed by atoms with van der Waals surface area (Å²) in [4.78, 5) is 39.4. The maximum Gasteiger partial charge on any atom is 0.573 e. The van der Waals surface area contributed by atoms with E-state index in [1.54, 1.807) is 31.2 Å². The highest BCUT2D eigenvalue weighted by molar-refractivity contribution is 6.30. The van der Waals surface area contributed by atoms with Crippen molar-refractivity contribution in [2.75, 3.05) is 25.2 Å². The molecule has 0 saturated carbocycles. The molecule has 0 fully saturated rings. The Bertz CT molecular complexity index is 1170. The largest absolute Gasteiger partial charge is 0.573 e. The molecular weight excluding hydrogens is 507 g/mol. The number of imide groups is 1. The fraction of sp³-hybridized carbons (Fsp3) is 0.304. The zero-order valence-electron chi connectivity index (χ0n) is 19.3. The van der Waals surface area contributed by atoms with Gasteiger partial charge in [-0.05, 0) is 55.8 Å². The van der Waals surface area contributed by atoms with Crippen molar-refractivity contribution in [2.24, 2.45) is 10.5 Å². The van der Waals surface area contributed by atoms with Crippen LogP contribution in [0.5, 0.6) is 5.75 Å². The van der Waals surface area contributed by atoms with Crippen LogP contribution in [0.4, 0.5) is 28.4 Å². The van der Waals surface area contributed by atoms with Crippen LogP contribution in [0.2, 0.25) is 5.02 Å². The van der Waals surface area contributed by atoms with E-state index < -0.39 is 35.6 Å². The van der Waals surface area contributed by atoms with Gasteiger partial charge < -0.3 is 14.2 Å². The van der Waals surface area contributed by atoms with Crippen molar-refractivity contribution in [2.45, 2.75) is 20.2 Å². The van der Waals surface area contributed by atoms with Crippen molar-refractivity contribution in [3.05, 3.63) is 59.1 Å². The van der Waals surface area contributed by atoms with Crippen LogP contribution in [0.25, 0.3) is 0 Å². The average molecular weight is 528 g/mol. The number of rotatable bonds is 5. The van der Waals surface area contributed by atoms with Gasteiger partial charge in [-0.2, -0.15) is 10.0 Å². The number of urea groups is 1. The molecule has 9 nitrogen and oxygen atoms in total. The number of methoxy groups -OCH3 is 1. The number of hydrogen-bond donors (Lipinski definition) is 0. The second kappa shape index (κ2) is 10.4. The normalized spacial score (nSPS) is 17.3. The Morgan fingerprint density at radius 1 is 1.11 bits per heavy atom. The lowest BCUT2D eigenvalue weighted by molar-refractivity contribution is -0.274. The zero-order valence-corrected chi connectivity index (χ0v) is 20.1. The first kappa shape index (κ1) is 26.8. The van der Waals surface area contributed by atoms with E-state index in [2.05, 4.69) is 9.84 Å². The molecule has 0 spiro atoms. The quantitative estimate of drug-likeness (QED) is 0.494. The number of ether oxygens (including phenoxy) is 3. The van der Waals surface area contributed by atoms with E-state index in [-0.39, 0.29) is 24.6 Å². The molecule has 0 saturated heterocycles. The molecular formula is C23H21ClF3N3O6. The lowest BCUT2D eigenvalue weighted by Crippen LogP contribution is -2.47. The summed E-state index contributed by atoms with van der Waals surface area (Å²) in [5.74, 6) is -1.20. The number of carbonyl (C=O) groups excluding carboxylic acids is 3. The third-order valence-electron chi connectivity index (χ3n) is 5.15. The summed E-state index contributed by atoms with van der Waals surface area (Å²) in [5, 5.41) is 5.64. The molecule has 3 rings (SSSR count). The van der Waals surface area contributed by atoms with Gasteiger partial charge in [0, 0.05) is 5.02 Å². The van der Waals surface area contributed by atoms with Crippen molar-refractivity contribution < 1.29 is 41.8 Å². The molecule has 1 unspecified atom stereocenters. The number of carbonyl (C=O) groups is 3. The third-order valence-corrected chi connectivity index (χ3v) is 5.40. The van der Waals surface area contributed by atoms with Crippen LogP contribution >= 0.6 is 11.6 Å². The Morgan fingerprint density at radius 2 is 1.72 bits per heavy atom. The molecule has 192 valence electrons. The van der Waals surface area contributed by atoms with E-state index in [0.717, 1.165) is 36.4 Å². The maximum absolute atomic E-state index is 13.4. The fourth-order valence-corrected chi connectivity index (χ4v) is 3.61. The van der Waals surface area contributed by atoms with E-state index in [0.29, 0.717) is 15.5 Å². The molecule has 0 aromatic heterocycles. The number of hydrogen-bond acceptors (Lipinski definition) is 7. The SMILES string of the molecule is CCOC(=O)C1(C)CN(C(=O)N(C(=O)OC)c2ccc(OC(F)(F)F)cc2)N=C1c1ccc(Cl)cc1. The molecule has 0 bridgehead atoms. The minimum atomic E-state index is -4.92. The molecule has 1 atom stereocenters. The fourth-order valence-electron chi connectivity index (χ4n) is 3.48. The van der Waals surface area contributed by atoms with Gasteiger partial charge in [0.15, 0.2) is 0 Å². The highest BCUT2D eigenvalue weighted by Crippen LogP contribution is 2.35. The van der Waals surface area contributed by atoms with Crippen LogP contribution in [0.15, 0.2) is 53.6 Å². The number of benzene rings is 2. The Labute approximate surface area is 209 Å². The predicted molar refractivity (Wildman–Crippen MR) is 123 cm³/mol. The van der Waals surface area contributed by atoms with E-state index in [1.807, 2.05) is 0 Å². The number of alkyl halides is 3. The highest BCUT2D eigenvalue weighted by Gasteiger charge is 2.50. The Morgan fingerprint density at radius 3 is 2.25 bits per heavy atom. The maximum atomic E-state index is 13.4. The van der Waals surface area contributed by atoms with Crippen molar-refractivity contribution in [3.8, 4) is 5.75 Å². The van der Waals surface area contributed by atoms with Crippen molar-refractivity contribution in [1.82, 2.24) is 5.01 Å². The molecule has 1 aliphatic rings. The second-order valence-electron chi connectivity index (χ2n) is 7.70. The van der Waals surface area contributed by atoms with Gasteiger partial charge in [0.05, 0.1) is 31.7 Å². The van der Waals surface area contributed by atoms with Gasteiger partial charge in [0.2, 0.25) is 0 Å². The van der Waals surface area contributed by atoms with Gasteiger partial charge in [0.25, 0.3) is 0 Å². The molecule has 36 heavy (non-hydrogen) atoms. The van der Waals surface area contributed by atoms with Gasteiger partial charge in [-0.15, -0.1) is 13.2 Å². The summed E-state index contributed by atoms with van der Waals surface area (Å²) >= 11 is 5.96. The molecule has 3 amide bonds. The highest BCUT2D eigenvalue weighted by atomic mass is 35.5. The number of hydrazone groups is 1. The summed E-state index contributed by atoms with van der Waals surface area (Å²) < 4.78 is 51.2. The monoisotopic (exact) mass is 527 g/mol. The lowest BCUT2D eigenvalue weighted by Gasteiger charge is -2.26. The van der Waals surface area contributed by atoms with Crippen molar-refractivity contribution in [1.29, 1.82) is 0 Å². The molecule has 0 radical (unpaired) electrons. The first-order valence-electron chi connectivity index (χ1n) is 10.5. The number of anilines is 1. The summed E-state index contributed by atoms with van der Waals surface area (Å²) in [6, 6.07) is 9.39. The summed E-state index contributed by atoms with van der Waals surface area (Å²) in [5.41, 5.74) is -0.825. The van der Waals surface area contributed by atoms with Crippen LogP contribution in [-0.4, -0.2) is 55.4 Å². The van der Waals surface area contributed by atoms with Gasteiger partial charge in [-0.25, -0.2) is 14.6 Å². The number of halogens is 4. The summed E-state index contributed by atoms with van der Waals surface area (Å²) in [6.07, 6.45) is -6.04. The first-order valence-corrected chi connectivity index (χ1v) is 10.8. The summed E-state index contributed by atoms with van der Waals surface area (Å²) in [6.45, 7) is 2.96. The van der Waals surface area contributed by atoms with Crippen LogP contribution in [0, 0.1) is 5.41 Å². The van der Waals surface area contributed by atoms with E-state index >= 15 is 0 Å². The Balaban J connectivity index is 1.99. The van der Waals surface area contributed by atoms with Gasteiger partial charge >= 0.3 is 24.5 Å². The molecule has 1 heterocycles. The number of esters is 1. The molecule has 0 aliphatic carbocycles. The molecule has 0 N–H and O–H groups in total. The molecule has 2 aromatic carbocycles. The van der Waals surface area contributed by atoms with Gasteiger partial charge in [-0.1, -0.05) is 23.7 Å². The molecule has 13 heteroatoms. The topological polar surface area (TPSA) is 97.7 Å². The van der Waals surface area contributed by atoms with E-state index in [4.69, 9.17) is 21.1 Å². The van der Waals surface area contributed by atoms with Crippen LogP contribution < -0.4 is 9.64 Å². The van der Waals surface area contributed by atoms with E-state index in [1.165, 1.54) is 6.92 Å². The minimum Gasteiger partial charge on any atom is -0.465 e. The number of amides is 3. The first-order chi connectivity index (χ1) is 16.9. The second-order valence-corrected chi connectivity index (χ2v) is 8.13. The predicted octanol–water partition coefficient (Wildman–Crippen LogP) is 5.22. The van der Waals surface area contributed by atoms with Crippen LogP contribution in [-0.2, 0) is 14.3 Å².